The molecule has 2 atom stereocenters. The van der Waals surface area contributed by atoms with Crippen LogP contribution in [0, 0.1) is 0 Å². The van der Waals surface area contributed by atoms with Crippen molar-refractivity contribution in [1.29, 1.82) is 0 Å². The maximum Gasteiger partial charge on any atom is 0.220 e. The summed E-state index contributed by atoms with van der Waals surface area (Å²) in [6.07, 6.45) is 50.0. The van der Waals surface area contributed by atoms with E-state index in [1.165, 1.54) is 167 Å². The van der Waals surface area contributed by atoms with Gasteiger partial charge in [-0.2, -0.15) is 0 Å². The SMILES string of the molecule is CCCCCCCC/C=C\CCCCCC(=O)NC(CO)C(O)/C=C/CCCCCCCCCCCCCCCCCCCCCC. The quantitative estimate of drug-likeness (QED) is 0.0455. The molecule has 0 radical (unpaired) electrons. The Labute approximate surface area is 294 Å². The first-order chi connectivity index (χ1) is 23.2. The highest BCUT2D eigenvalue weighted by Crippen LogP contribution is 2.15. The molecular weight excluding hydrogens is 578 g/mol. The summed E-state index contributed by atoms with van der Waals surface area (Å²) in [4.78, 5) is 12.3. The van der Waals surface area contributed by atoms with Crippen LogP contribution in [0.2, 0.25) is 0 Å². The van der Waals surface area contributed by atoms with Crippen LogP contribution in [0.5, 0.6) is 0 Å². The summed E-state index contributed by atoms with van der Waals surface area (Å²) < 4.78 is 0. The Morgan fingerprint density at radius 3 is 1.17 bits per heavy atom. The van der Waals surface area contributed by atoms with Crippen LogP contribution in [0.4, 0.5) is 0 Å². The van der Waals surface area contributed by atoms with Gasteiger partial charge in [-0.05, 0) is 44.9 Å². The molecule has 0 aliphatic heterocycles. The van der Waals surface area contributed by atoms with Gasteiger partial charge in [-0.1, -0.05) is 199 Å². The Kier molecular flexibility index (Phi) is 38.4. The molecular formula is C43H83NO3. The van der Waals surface area contributed by atoms with Crippen LogP contribution in [0.3, 0.4) is 0 Å². The molecule has 0 fully saturated rings. The van der Waals surface area contributed by atoms with Crippen LogP contribution < -0.4 is 5.32 Å². The van der Waals surface area contributed by atoms with E-state index in [9.17, 15) is 15.0 Å². The van der Waals surface area contributed by atoms with Gasteiger partial charge in [0.15, 0.2) is 0 Å². The van der Waals surface area contributed by atoms with Crippen LogP contribution in [-0.2, 0) is 4.79 Å². The molecule has 0 aromatic heterocycles. The predicted octanol–water partition coefficient (Wildman–Crippen LogP) is 12.8. The van der Waals surface area contributed by atoms with Gasteiger partial charge in [-0.3, -0.25) is 4.79 Å². The lowest BCUT2D eigenvalue weighted by molar-refractivity contribution is -0.123. The lowest BCUT2D eigenvalue weighted by Crippen LogP contribution is -2.45. The minimum absolute atomic E-state index is 0.0794. The number of carbonyl (C=O) groups is 1. The molecule has 0 bridgehead atoms. The van der Waals surface area contributed by atoms with Gasteiger partial charge >= 0.3 is 0 Å². The van der Waals surface area contributed by atoms with Crippen molar-refractivity contribution >= 4 is 5.91 Å². The average Bonchev–Trinajstić information content (AvgIpc) is 3.07. The molecule has 3 N–H and O–H groups in total. The summed E-state index contributed by atoms with van der Waals surface area (Å²) >= 11 is 0. The van der Waals surface area contributed by atoms with Crippen LogP contribution in [0.25, 0.3) is 0 Å². The van der Waals surface area contributed by atoms with Crippen LogP contribution in [0.15, 0.2) is 24.3 Å². The Balaban J connectivity index is 3.55. The van der Waals surface area contributed by atoms with Crippen LogP contribution >= 0.6 is 0 Å². The molecule has 4 heteroatoms. The molecule has 0 saturated carbocycles. The lowest BCUT2D eigenvalue weighted by atomic mass is 10.0. The van der Waals surface area contributed by atoms with Gasteiger partial charge in [0, 0.05) is 6.42 Å². The highest BCUT2D eigenvalue weighted by molar-refractivity contribution is 5.76. The maximum absolute atomic E-state index is 12.3. The average molecular weight is 662 g/mol. The van der Waals surface area contributed by atoms with Gasteiger partial charge in [0.05, 0.1) is 18.8 Å². The highest BCUT2D eigenvalue weighted by atomic mass is 16.3. The van der Waals surface area contributed by atoms with E-state index >= 15 is 0 Å². The second-order valence-corrected chi connectivity index (χ2v) is 14.4. The van der Waals surface area contributed by atoms with Gasteiger partial charge in [-0.15, -0.1) is 0 Å². The number of carbonyl (C=O) groups excluding carboxylic acids is 1. The molecule has 0 heterocycles. The van der Waals surface area contributed by atoms with Crippen molar-refractivity contribution in [2.24, 2.45) is 0 Å². The minimum Gasteiger partial charge on any atom is -0.394 e. The molecule has 47 heavy (non-hydrogen) atoms. The molecule has 1 amide bonds. The zero-order valence-corrected chi connectivity index (χ0v) is 31.8. The number of aliphatic hydroxyl groups is 2. The second kappa shape index (κ2) is 39.3. The number of aliphatic hydroxyl groups excluding tert-OH is 2. The van der Waals surface area contributed by atoms with E-state index in [4.69, 9.17) is 0 Å². The van der Waals surface area contributed by atoms with Gasteiger partial charge in [0.2, 0.25) is 5.91 Å². The first-order valence-corrected chi connectivity index (χ1v) is 21.1. The fourth-order valence-corrected chi connectivity index (χ4v) is 6.41. The van der Waals surface area contributed by atoms with E-state index in [0.717, 1.165) is 38.5 Å². The number of hydrogen-bond donors (Lipinski definition) is 3. The second-order valence-electron chi connectivity index (χ2n) is 14.4. The molecule has 0 spiro atoms. The molecule has 0 aromatic rings. The molecule has 0 rings (SSSR count). The van der Waals surface area contributed by atoms with Gasteiger partial charge in [-0.25, -0.2) is 0 Å². The third-order valence-electron chi connectivity index (χ3n) is 9.68. The monoisotopic (exact) mass is 662 g/mol. The smallest absolute Gasteiger partial charge is 0.220 e. The molecule has 4 nitrogen and oxygen atoms in total. The maximum atomic E-state index is 12.3. The number of amides is 1. The normalized spacial score (nSPS) is 13.2. The molecule has 2 unspecified atom stereocenters. The molecule has 278 valence electrons. The van der Waals surface area contributed by atoms with Gasteiger partial charge < -0.3 is 15.5 Å². The van der Waals surface area contributed by atoms with Gasteiger partial charge in [0.25, 0.3) is 0 Å². The summed E-state index contributed by atoms with van der Waals surface area (Å²) in [5, 5.41) is 22.9. The lowest BCUT2D eigenvalue weighted by Gasteiger charge is -2.19. The summed E-state index contributed by atoms with van der Waals surface area (Å²) in [6.45, 7) is 4.30. The number of allylic oxidation sites excluding steroid dienone is 3. The Morgan fingerprint density at radius 2 is 0.809 bits per heavy atom. The fourth-order valence-electron chi connectivity index (χ4n) is 6.41. The molecule has 0 aliphatic carbocycles. The van der Waals surface area contributed by atoms with Crippen molar-refractivity contribution in [3.63, 3.8) is 0 Å². The highest BCUT2D eigenvalue weighted by Gasteiger charge is 2.17. The number of rotatable bonds is 38. The molecule has 0 aliphatic rings. The van der Waals surface area contributed by atoms with Crippen molar-refractivity contribution in [2.75, 3.05) is 6.61 Å². The first kappa shape index (κ1) is 45.9. The summed E-state index contributed by atoms with van der Waals surface area (Å²) in [6, 6.07) is -0.626. The van der Waals surface area contributed by atoms with Crippen molar-refractivity contribution in [1.82, 2.24) is 5.32 Å². The Morgan fingerprint density at radius 1 is 0.489 bits per heavy atom. The van der Waals surface area contributed by atoms with Crippen molar-refractivity contribution < 1.29 is 15.0 Å². The third-order valence-corrected chi connectivity index (χ3v) is 9.68. The van der Waals surface area contributed by atoms with E-state index in [2.05, 4.69) is 31.3 Å². The summed E-state index contributed by atoms with van der Waals surface area (Å²) in [5.74, 6) is -0.0794. The fraction of sp³-hybridized carbons (Fsp3) is 0.884. The standard InChI is InChI=1S/C43H83NO3/c1-3-5-7-9-11-13-15-17-18-19-20-21-22-23-24-25-27-28-30-32-34-36-38-42(46)41(40-45)44-43(47)39-37-35-33-31-29-26-16-14-12-10-8-6-4-2/h26,29,36,38,41-42,45-46H,3-25,27-28,30-35,37,39-40H2,1-2H3,(H,44,47)/b29-26-,38-36+. The Bertz CT molecular complexity index is 676. The van der Waals surface area contributed by atoms with Gasteiger partial charge in [0.1, 0.15) is 0 Å². The summed E-state index contributed by atoms with van der Waals surface area (Å²) in [5.41, 5.74) is 0. The van der Waals surface area contributed by atoms with E-state index in [1.807, 2.05) is 6.08 Å². The number of unbranched alkanes of at least 4 members (excludes halogenated alkanes) is 29. The first-order valence-electron chi connectivity index (χ1n) is 21.1. The topological polar surface area (TPSA) is 69.6 Å². The summed E-state index contributed by atoms with van der Waals surface area (Å²) in [7, 11) is 0. The molecule has 0 aromatic carbocycles. The minimum atomic E-state index is -0.842. The largest absolute Gasteiger partial charge is 0.394 e. The van der Waals surface area contributed by atoms with Crippen molar-refractivity contribution in [3.05, 3.63) is 24.3 Å². The van der Waals surface area contributed by atoms with E-state index in [0.29, 0.717) is 6.42 Å². The van der Waals surface area contributed by atoms with Crippen molar-refractivity contribution in [3.8, 4) is 0 Å². The zero-order chi connectivity index (χ0) is 34.3. The van der Waals surface area contributed by atoms with Crippen molar-refractivity contribution in [2.45, 2.75) is 238 Å². The predicted molar refractivity (Wildman–Crippen MR) is 207 cm³/mol. The van der Waals surface area contributed by atoms with E-state index in [-0.39, 0.29) is 12.5 Å². The number of hydrogen-bond acceptors (Lipinski definition) is 3. The van der Waals surface area contributed by atoms with Crippen LogP contribution in [0.1, 0.15) is 226 Å². The molecule has 0 saturated heterocycles. The Hall–Kier alpha value is -1.13. The van der Waals surface area contributed by atoms with Crippen LogP contribution in [-0.4, -0.2) is 34.9 Å². The van der Waals surface area contributed by atoms with E-state index in [1.54, 1.807) is 6.08 Å². The number of nitrogens with one attached hydrogen (secondary N) is 1. The third kappa shape index (κ3) is 36.0. The van der Waals surface area contributed by atoms with E-state index < -0.39 is 12.1 Å². The zero-order valence-electron chi connectivity index (χ0n) is 31.8.